The maximum absolute atomic E-state index is 11.3. The van der Waals surface area contributed by atoms with Crippen molar-refractivity contribution in [2.75, 3.05) is 20.7 Å². The van der Waals surface area contributed by atoms with Gasteiger partial charge in [0.25, 0.3) is 0 Å². The van der Waals surface area contributed by atoms with Crippen LogP contribution in [0, 0.1) is 0 Å². The van der Waals surface area contributed by atoms with Crippen LogP contribution in [0.1, 0.15) is 20.8 Å². The summed E-state index contributed by atoms with van der Waals surface area (Å²) in [6.07, 6.45) is 0. The second-order valence-corrected chi connectivity index (χ2v) is 5.07. The van der Waals surface area contributed by atoms with E-state index < -0.39 is 4.75 Å². The van der Waals surface area contributed by atoms with Gasteiger partial charge in [-0.2, -0.15) is 0 Å². The van der Waals surface area contributed by atoms with Gasteiger partial charge < -0.3 is 4.74 Å². The lowest BCUT2D eigenvalue weighted by Gasteiger charge is -2.24. The molecule has 0 bridgehead atoms. The largest absolute Gasteiger partial charge is 0.465 e. The number of ether oxygens (including phenoxy) is 1. The SMILES string of the molecule is CCOC(=O)C(C)(C)SN(C)C. The molecule has 0 aliphatic rings. The third-order valence-corrected chi connectivity index (χ3v) is 2.17. The van der Waals surface area contributed by atoms with Gasteiger partial charge in [0.15, 0.2) is 0 Å². The second kappa shape index (κ2) is 4.72. The van der Waals surface area contributed by atoms with Gasteiger partial charge in [-0.1, -0.05) is 11.9 Å². The van der Waals surface area contributed by atoms with Gasteiger partial charge in [-0.25, -0.2) is 0 Å². The van der Waals surface area contributed by atoms with Crippen LogP contribution >= 0.6 is 11.9 Å². The Balaban J connectivity index is 4.09. The molecule has 0 aliphatic heterocycles. The molecule has 72 valence electrons. The molecule has 0 atom stereocenters. The van der Waals surface area contributed by atoms with Crippen molar-refractivity contribution < 1.29 is 9.53 Å². The molecule has 0 radical (unpaired) electrons. The maximum atomic E-state index is 11.3. The van der Waals surface area contributed by atoms with Gasteiger partial charge in [0.1, 0.15) is 4.75 Å². The Labute approximate surface area is 78.6 Å². The highest BCUT2D eigenvalue weighted by molar-refractivity contribution is 7.99. The molecule has 0 aromatic heterocycles. The number of nitrogens with zero attached hydrogens (tertiary/aromatic N) is 1. The standard InChI is InChI=1S/C8H17NO2S/c1-6-11-7(10)8(2,3)12-9(4)5/h6H2,1-5H3. The molecule has 0 amide bonds. The predicted octanol–water partition coefficient (Wildman–Crippen LogP) is 1.54. The quantitative estimate of drug-likeness (QED) is 0.498. The van der Waals surface area contributed by atoms with Crippen LogP contribution < -0.4 is 0 Å². The van der Waals surface area contributed by atoms with Crippen LogP contribution in [-0.4, -0.2) is 35.7 Å². The fourth-order valence-corrected chi connectivity index (χ4v) is 1.84. The minimum atomic E-state index is -0.487. The molecule has 12 heavy (non-hydrogen) atoms. The van der Waals surface area contributed by atoms with E-state index in [1.165, 1.54) is 11.9 Å². The Morgan fingerprint density at radius 2 is 2.00 bits per heavy atom. The summed E-state index contributed by atoms with van der Waals surface area (Å²) in [5, 5.41) is 0. The third kappa shape index (κ3) is 3.97. The van der Waals surface area contributed by atoms with Crippen molar-refractivity contribution in [1.82, 2.24) is 4.31 Å². The summed E-state index contributed by atoms with van der Waals surface area (Å²) in [5.41, 5.74) is 0. The van der Waals surface area contributed by atoms with E-state index in [4.69, 9.17) is 4.74 Å². The Bertz CT molecular complexity index is 157. The van der Waals surface area contributed by atoms with Crippen molar-refractivity contribution in [3.05, 3.63) is 0 Å². The van der Waals surface area contributed by atoms with Crippen LogP contribution in [0.5, 0.6) is 0 Å². The molecular weight excluding hydrogens is 174 g/mol. The molecule has 0 rings (SSSR count). The van der Waals surface area contributed by atoms with Crippen molar-refractivity contribution in [3.8, 4) is 0 Å². The molecule has 0 N–H and O–H groups in total. The number of hydrogen-bond donors (Lipinski definition) is 0. The highest BCUT2D eigenvalue weighted by Crippen LogP contribution is 2.26. The van der Waals surface area contributed by atoms with E-state index in [9.17, 15) is 4.79 Å². The van der Waals surface area contributed by atoms with Gasteiger partial charge in [-0.05, 0) is 34.9 Å². The lowest BCUT2D eigenvalue weighted by Crippen LogP contribution is -2.32. The zero-order valence-electron chi connectivity index (χ0n) is 8.38. The second-order valence-electron chi connectivity index (χ2n) is 3.13. The summed E-state index contributed by atoms with van der Waals surface area (Å²) < 4.78 is 6.33. The van der Waals surface area contributed by atoms with Crippen molar-refractivity contribution in [3.63, 3.8) is 0 Å². The molecule has 0 fully saturated rings. The Kier molecular flexibility index (Phi) is 4.63. The Morgan fingerprint density at radius 1 is 1.50 bits per heavy atom. The average Bonchev–Trinajstić information content (AvgIpc) is 1.85. The molecule has 0 spiro atoms. The summed E-state index contributed by atoms with van der Waals surface area (Å²) in [4.78, 5) is 11.3. The first-order valence-corrected chi connectivity index (χ1v) is 4.71. The first kappa shape index (κ1) is 11.8. The molecule has 0 saturated heterocycles. The van der Waals surface area contributed by atoms with Gasteiger partial charge in [-0.3, -0.25) is 9.10 Å². The number of carbonyl (C=O) groups is 1. The van der Waals surface area contributed by atoms with E-state index in [1.54, 1.807) is 0 Å². The first-order valence-electron chi connectivity index (χ1n) is 3.94. The third-order valence-electron chi connectivity index (χ3n) is 1.18. The number of carbonyl (C=O) groups excluding carboxylic acids is 1. The van der Waals surface area contributed by atoms with Gasteiger partial charge in [0, 0.05) is 0 Å². The summed E-state index contributed by atoms with van der Waals surface area (Å²) in [6.45, 7) is 5.97. The lowest BCUT2D eigenvalue weighted by atomic mass is 10.2. The van der Waals surface area contributed by atoms with Gasteiger partial charge in [0.05, 0.1) is 6.61 Å². The molecule has 3 nitrogen and oxygen atoms in total. The lowest BCUT2D eigenvalue weighted by molar-refractivity contribution is -0.145. The fraction of sp³-hybridized carbons (Fsp3) is 0.875. The van der Waals surface area contributed by atoms with E-state index in [1.807, 2.05) is 39.2 Å². The summed E-state index contributed by atoms with van der Waals surface area (Å²) in [6, 6.07) is 0. The highest BCUT2D eigenvalue weighted by Gasteiger charge is 2.30. The summed E-state index contributed by atoms with van der Waals surface area (Å²) in [5.74, 6) is -0.163. The van der Waals surface area contributed by atoms with E-state index >= 15 is 0 Å². The van der Waals surface area contributed by atoms with Gasteiger partial charge in [0.2, 0.25) is 0 Å². The van der Waals surface area contributed by atoms with Crippen molar-refractivity contribution >= 4 is 17.9 Å². The van der Waals surface area contributed by atoms with E-state index in [2.05, 4.69) is 0 Å². The minimum absolute atomic E-state index is 0.163. The van der Waals surface area contributed by atoms with Crippen LogP contribution in [0.3, 0.4) is 0 Å². The van der Waals surface area contributed by atoms with Crippen LogP contribution in [0.15, 0.2) is 0 Å². The van der Waals surface area contributed by atoms with Crippen molar-refractivity contribution in [2.24, 2.45) is 0 Å². The van der Waals surface area contributed by atoms with E-state index in [0.717, 1.165) is 0 Å². The maximum Gasteiger partial charge on any atom is 0.322 e. The monoisotopic (exact) mass is 191 g/mol. The molecule has 0 heterocycles. The predicted molar refractivity (Wildman–Crippen MR) is 52.0 cm³/mol. The molecule has 0 aliphatic carbocycles. The van der Waals surface area contributed by atoms with Crippen LogP contribution in [0.4, 0.5) is 0 Å². The number of rotatable bonds is 4. The molecular formula is C8H17NO2S. The molecule has 0 aromatic rings. The van der Waals surface area contributed by atoms with Crippen molar-refractivity contribution in [1.29, 1.82) is 0 Å². The number of esters is 1. The fourth-order valence-electron chi connectivity index (χ4n) is 0.799. The smallest absolute Gasteiger partial charge is 0.322 e. The van der Waals surface area contributed by atoms with Crippen LogP contribution in [0.2, 0.25) is 0 Å². The minimum Gasteiger partial charge on any atom is -0.465 e. The summed E-state index contributed by atoms with van der Waals surface area (Å²) in [7, 11) is 3.82. The molecule has 0 unspecified atom stereocenters. The van der Waals surface area contributed by atoms with Crippen LogP contribution in [0.25, 0.3) is 0 Å². The molecule has 0 aromatic carbocycles. The van der Waals surface area contributed by atoms with Crippen LogP contribution in [-0.2, 0) is 9.53 Å². The molecule has 0 saturated carbocycles. The zero-order valence-corrected chi connectivity index (χ0v) is 9.20. The summed E-state index contributed by atoms with van der Waals surface area (Å²) >= 11 is 1.46. The Morgan fingerprint density at radius 3 is 2.33 bits per heavy atom. The zero-order chi connectivity index (χ0) is 9.78. The van der Waals surface area contributed by atoms with Crippen molar-refractivity contribution in [2.45, 2.75) is 25.5 Å². The van der Waals surface area contributed by atoms with Gasteiger partial charge in [-0.15, -0.1) is 0 Å². The average molecular weight is 191 g/mol. The first-order chi connectivity index (χ1) is 5.40. The van der Waals surface area contributed by atoms with E-state index in [0.29, 0.717) is 6.61 Å². The van der Waals surface area contributed by atoms with E-state index in [-0.39, 0.29) is 5.97 Å². The highest BCUT2D eigenvalue weighted by atomic mass is 32.2. The van der Waals surface area contributed by atoms with Gasteiger partial charge >= 0.3 is 5.97 Å². The molecule has 4 heteroatoms. The number of hydrogen-bond acceptors (Lipinski definition) is 4. The Hall–Kier alpha value is -0.220. The topological polar surface area (TPSA) is 29.5 Å². The normalized spacial score (nSPS) is 11.8.